The van der Waals surface area contributed by atoms with Gasteiger partial charge in [0.05, 0.1) is 13.4 Å². The number of methoxy groups -OCH3 is 1. The molecule has 0 atom stereocenters. The Morgan fingerprint density at radius 3 is 2.36 bits per heavy atom. The van der Waals surface area contributed by atoms with Gasteiger partial charge in [0, 0.05) is 11.6 Å². The zero-order valence-corrected chi connectivity index (χ0v) is 7.66. The zero-order chi connectivity index (χ0) is 9.97. The molecular formula is C11H9FO2. The summed E-state index contributed by atoms with van der Waals surface area (Å²) in [5, 5.41) is 0. The Bertz CT molecular complexity index is 417. The van der Waals surface area contributed by atoms with E-state index in [-0.39, 0.29) is 11.6 Å². The molecule has 0 radical (unpaired) electrons. The van der Waals surface area contributed by atoms with Crippen LogP contribution in [-0.2, 0) is 0 Å². The molecule has 2 aromatic rings. The molecule has 0 unspecified atom stereocenters. The lowest BCUT2D eigenvalue weighted by atomic mass is 10.1. The van der Waals surface area contributed by atoms with Crippen LogP contribution in [0.25, 0.3) is 11.3 Å². The van der Waals surface area contributed by atoms with Crippen molar-refractivity contribution in [3.8, 4) is 17.1 Å². The van der Waals surface area contributed by atoms with Crippen LogP contribution in [0, 0.1) is 5.82 Å². The minimum absolute atomic E-state index is 0.257. The lowest BCUT2D eigenvalue weighted by molar-refractivity contribution is 0.415. The fourth-order valence-corrected chi connectivity index (χ4v) is 1.24. The number of halogens is 1. The second-order valence-electron chi connectivity index (χ2n) is 2.83. The van der Waals surface area contributed by atoms with Gasteiger partial charge in [-0.05, 0) is 24.3 Å². The van der Waals surface area contributed by atoms with Crippen molar-refractivity contribution in [2.24, 2.45) is 0 Å². The third kappa shape index (κ3) is 1.48. The van der Waals surface area contributed by atoms with E-state index in [9.17, 15) is 4.39 Å². The first-order valence-corrected chi connectivity index (χ1v) is 4.18. The topological polar surface area (TPSA) is 22.4 Å². The summed E-state index contributed by atoms with van der Waals surface area (Å²) in [6.45, 7) is 0. The summed E-state index contributed by atoms with van der Waals surface area (Å²) in [6.07, 6.45) is 1.33. The van der Waals surface area contributed by atoms with Gasteiger partial charge in [0.25, 0.3) is 0 Å². The van der Waals surface area contributed by atoms with E-state index in [1.807, 2.05) is 0 Å². The van der Waals surface area contributed by atoms with Gasteiger partial charge in [0.2, 0.25) is 0 Å². The van der Waals surface area contributed by atoms with Crippen molar-refractivity contribution in [2.45, 2.75) is 0 Å². The maximum atomic E-state index is 13.1. The number of furan rings is 1. The van der Waals surface area contributed by atoms with Crippen LogP contribution in [0.4, 0.5) is 4.39 Å². The highest BCUT2D eigenvalue weighted by Crippen LogP contribution is 2.25. The molecule has 0 fully saturated rings. The molecule has 1 aromatic carbocycles. The van der Waals surface area contributed by atoms with Crippen LogP contribution < -0.4 is 4.74 Å². The van der Waals surface area contributed by atoms with E-state index in [1.165, 1.54) is 12.3 Å². The molecule has 72 valence electrons. The van der Waals surface area contributed by atoms with Crippen LogP contribution in [0.3, 0.4) is 0 Å². The molecule has 0 saturated carbocycles. The van der Waals surface area contributed by atoms with E-state index in [2.05, 4.69) is 0 Å². The number of ether oxygens (including phenoxy) is 1. The Hall–Kier alpha value is -1.77. The summed E-state index contributed by atoms with van der Waals surface area (Å²) in [4.78, 5) is 0. The van der Waals surface area contributed by atoms with Crippen LogP contribution in [-0.4, -0.2) is 7.11 Å². The van der Waals surface area contributed by atoms with E-state index >= 15 is 0 Å². The van der Waals surface area contributed by atoms with Crippen molar-refractivity contribution in [2.75, 3.05) is 7.11 Å². The third-order valence-electron chi connectivity index (χ3n) is 1.97. The smallest absolute Gasteiger partial charge is 0.169 e. The summed E-state index contributed by atoms with van der Waals surface area (Å²) in [5.74, 6) is 0.642. The van der Waals surface area contributed by atoms with Gasteiger partial charge in [0.1, 0.15) is 5.75 Å². The Morgan fingerprint density at radius 2 is 1.86 bits per heavy atom. The zero-order valence-electron chi connectivity index (χ0n) is 7.66. The summed E-state index contributed by atoms with van der Waals surface area (Å²) in [7, 11) is 1.59. The first-order chi connectivity index (χ1) is 6.81. The highest BCUT2D eigenvalue weighted by molar-refractivity contribution is 5.58. The van der Waals surface area contributed by atoms with Gasteiger partial charge in [-0.25, -0.2) is 4.39 Å². The molecule has 0 aliphatic heterocycles. The minimum atomic E-state index is -0.352. The maximum absolute atomic E-state index is 13.1. The van der Waals surface area contributed by atoms with Gasteiger partial charge in [-0.1, -0.05) is 0 Å². The fraction of sp³-hybridized carbons (Fsp3) is 0.0909. The van der Waals surface area contributed by atoms with Crippen molar-refractivity contribution < 1.29 is 13.5 Å². The van der Waals surface area contributed by atoms with Crippen LogP contribution in [0.5, 0.6) is 5.75 Å². The first kappa shape index (κ1) is 8.81. The van der Waals surface area contributed by atoms with Crippen molar-refractivity contribution in [3.63, 3.8) is 0 Å². The highest BCUT2D eigenvalue weighted by atomic mass is 19.1. The Morgan fingerprint density at radius 1 is 1.14 bits per heavy atom. The molecule has 14 heavy (non-hydrogen) atoms. The number of rotatable bonds is 2. The molecule has 0 aliphatic carbocycles. The highest BCUT2D eigenvalue weighted by Gasteiger charge is 2.07. The van der Waals surface area contributed by atoms with E-state index < -0.39 is 0 Å². The van der Waals surface area contributed by atoms with E-state index in [0.29, 0.717) is 5.56 Å². The summed E-state index contributed by atoms with van der Waals surface area (Å²) in [5.41, 5.74) is 0.702. The number of hydrogen-bond acceptors (Lipinski definition) is 2. The van der Waals surface area contributed by atoms with Gasteiger partial charge in [-0.3, -0.25) is 0 Å². The van der Waals surface area contributed by atoms with Crippen molar-refractivity contribution in [1.82, 2.24) is 0 Å². The summed E-state index contributed by atoms with van der Waals surface area (Å²) < 4.78 is 23.1. The second kappa shape index (κ2) is 3.54. The maximum Gasteiger partial charge on any atom is 0.169 e. The van der Waals surface area contributed by atoms with Crippen LogP contribution in [0.2, 0.25) is 0 Å². The first-order valence-electron chi connectivity index (χ1n) is 4.18. The Balaban J connectivity index is 2.39. The molecular weight excluding hydrogens is 183 g/mol. The van der Waals surface area contributed by atoms with Crippen LogP contribution in [0.15, 0.2) is 41.0 Å². The Kier molecular flexibility index (Phi) is 2.23. The quantitative estimate of drug-likeness (QED) is 0.729. The molecule has 0 N–H and O–H groups in total. The van der Waals surface area contributed by atoms with E-state index in [0.717, 1.165) is 5.75 Å². The molecule has 0 saturated heterocycles. The predicted molar refractivity (Wildman–Crippen MR) is 50.7 cm³/mol. The standard InChI is InChI=1S/C11H9FO2/c1-13-9-4-2-8(3-5-9)11-10(12)6-7-14-11/h2-7H,1H3. The molecule has 1 heterocycles. The van der Waals surface area contributed by atoms with Crippen LogP contribution >= 0.6 is 0 Å². The van der Waals surface area contributed by atoms with Gasteiger partial charge in [-0.2, -0.15) is 0 Å². The SMILES string of the molecule is COc1ccc(-c2occc2F)cc1. The lowest BCUT2D eigenvalue weighted by Gasteiger charge is -2.00. The van der Waals surface area contributed by atoms with Crippen LogP contribution in [0.1, 0.15) is 0 Å². The average Bonchev–Trinajstić information content (AvgIpc) is 2.65. The molecule has 0 aliphatic rings. The molecule has 2 rings (SSSR count). The summed E-state index contributed by atoms with van der Waals surface area (Å²) >= 11 is 0. The molecule has 0 spiro atoms. The molecule has 1 aromatic heterocycles. The Labute approximate surface area is 80.9 Å². The van der Waals surface area contributed by atoms with Gasteiger partial charge < -0.3 is 9.15 Å². The van der Waals surface area contributed by atoms with Gasteiger partial charge >= 0.3 is 0 Å². The predicted octanol–water partition coefficient (Wildman–Crippen LogP) is 3.09. The lowest BCUT2D eigenvalue weighted by Crippen LogP contribution is -1.82. The normalized spacial score (nSPS) is 10.1. The molecule has 0 bridgehead atoms. The van der Waals surface area contributed by atoms with E-state index in [4.69, 9.17) is 9.15 Å². The molecule has 0 amide bonds. The monoisotopic (exact) mass is 192 g/mol. The average molecular weight is 192 g/mol. The second-order valence-corrected chi connectivity index (χ2v) is 2.83. The van der Waals surface area contributed by atoms with Gasteiger partial charge in [-0.15, -0.1) is 0 Å². The fourth-order valence-electron chi connectivity index (χ4n) is 1.24. The van der Waals surface area contributed by atoms with Crippen molar-refractivity contribution in [1.29, 1.82) is 0 Å². The molecule has 2 nitrogen and oxygen atoms in total. The van der Waals surface area contributed by atoms with Crippen molar-refractivity contribution in [3.05, 3.63) is 42.4 Å². The van der Waals surface area contributed by atoms with Gasteiger partial charge in [0.15, 0.2) is 11.6 Å². The largest absolute Gasteiger partial charge is 0.497 e. The molecule has 3 heteroatoms. The number of hydrogen-bond donors (Lipinski definition) is 0. The number of benzene rings is 1. The van der Waals surface area contributed by atoms with Crippen molar-refractivity contribution >= 4 is 0 Å². The minimum Gasteiger partial charge on any atom is -0.497 e. The third-order valence-corrected chi connectivity index (χ3v) is 1.97. The van der Waals surface area contributed by atoms with E-state index in [1.54, 1.807) is 31.4 Å². The summed E-state index contributed by atoms with van der Waals surface area (Å²) in [6, 6.07) is 8.32.